The third kappa shape index (κ3) is 2.20. The maximum absolute atomic E-state index is 9.78. The van der Waals surface area contributed by atoms with Crippen LogP contribution in [0.4, 0.5) is 0 Å². The molecule has 1 N–H and O–H groups in total. The number of aliphatic hydroxyl groups excluding tert-OH is 1. The van der Waals surface area contributed by atoms with Crippen molar-refractivity contribution in [2.75, 3.05) is 18.8 Å². The van der Waals surface area contributed by atoms with Crippen molar-refractivity contribution in [3.05, 3.63) is 0 Å². The van der Waals surface area contributed by atoms with E-state index in [1.54, 1.807) is 0 Å². The van der Waals surface area contributed by atoms with E-state index in [9.17, 15) is 5.11 Å². The van der Waals surface area contributed by atoms with Gasteiger partial charge in [0.05, 0.1) is 6.10 Å². The largest absolute Gasteiger partial charge is 0.391 e. The first kappa shape index (κ1) is 9.81. The lowest BCUT2D eigenvalue weighted by Gasteiger charge is -2.36. The molecule has 2 aliphatic rings. The summed E-state index contributed by atoms with van der Waals surface area (Å²) < 4.78 is 0. The zero-order valence-electron chi connectivity index (χ0n) is 8.28. The molecule has 3 heteroatoms. The number of nitrogens with zero attached hydrogens (tertiary/aromatic N) is 1. The van der Waals surface area contributed by atoms with E-state index in [4.69, 9.17) is 0 Å². The molecule has 2 rings (SSSR count). The summed E-state index contributed by atoms with van der Waals surface area (Å²) >= 11 is 2.06. The third-order valence-electron chi connectivity index (χ3n) is 3.19. The lowest BCUT2D eigenvalue weighted by Crippen LogP contribution is -2.46. The van der Waals surface area contributed by atoms with Gasteiger partial charge < -0.3 is 5.11 Å². The van der Waals surface area contributed by atoms with Crippen LogP contribution in [0.15, 0.2) is 0 Å². The van der Waals surface area contributed by atoms with Crippen molar-refractivity contribution in [2.45, 2.75) is 43.6 Å². The SMILES string of the molecule is CC1CN([C@@H]2CCC[C@H]2O)CCS1. The molecule has 2 nitrogen and oxygen atoms in total. The maximum Gasteiger partial charge on any atom is 0.0695 e. The first-order valence-electron chi connectivity index (χ1n) is 5.31. The number of hydrogen-bond acceptors (Lipinski definition) is 3. The van der Waals surface area contributed by atoms with Crippen LogP contribution in [0.2, 0.25) is 0 Å². The van der Waals surface area contributed by atoms with Crippen LogP contribution in [0.5, 0.6) is 0 Å². The molecule has 2 fully saturated rings. The van der Waals surface area contributed by atoms with Gasteiger partial charge in [-0.3, -0.25) is 4.90 Å². The van der Waals surface area contributed by atoms with Gasteiger partial charge in [0.25, 0.3) is 0 Å². The maximum atomic E-state index is 9.78. The van der Waals surface area contributed by atoms with Crippen molar-refractivity contribution in [1.82, 2.24) is 4.90 Å². The summed E-state index contributed by atoms with van der Waals surface area (Å²) in [6, 6.07) is 0.475. The highest BCUT2D eigenvalue weighted by molar-refractivity contribution is 7.99. The molecule has 0 amide bonds. The van der Waals surface area contributed by atoms with Gasteiger partial charge in [0.15, 0.2) is 0 Å². The Balaban J connectivity index is 1.91. The predicted molar refractivity (Wildman–Crippen MR) is 57.1 cm³/mol. The molecule has 0 spiro atoms. The highest BCUT2D eigenvalue weighted by Crippen LogP contribution is 2.28. The van der Waals surface area contributed by atoms with Gasteiger partial charge in [0.1, 0.15) is 0 Å². The van der Waals surface area contributed by atoms with Gasteiger partial charge in [0, 0.05) is 30.1 Å². The summed E-state index contributed by atoms with van der Waals surface area (Å²) in [4.78, 5) is 2.50. The average Bonchev–Trinajstić information content (AvgIpc) is 2.51. The molecule has 1 aliphatic carbocycles. The lowest BCUT2D eigenvalue weighted by atomic mass is 10.1. The van der Waals surface area contributed by atoms with E-state index < -0.39 is 0 Å². The van der Waals surface area contributed by atoms with Crippen LogP contribution >= 0.6 is 11.8 Å². The van der Waals surface area contributed by atoms with Crippen molar-refractivity contribution < 1.29 is 5.11 Å². The molecule has 1 aliphatic heterocycles. The lowest BCUT2D eigenvalue weighted by molar-refractivity contribution is 0.0734. The van der Waals surface area contributed by atoms with E-state index in [0.29, 0.717) is 6.04 Å². The summed E-state index contributed by atoms with van der Waals surface area (Å²) in [6.45, 7) is 4.64. The minimum Gasteiger partial charge on any atom is -0.391 e. The molecule has 1 saturated heterocycles. The molecule has 0 radical (unpaired) electrons. The average molecular weight is 201 g/mol. The van der Waals surface area contributed by atoms with Gasteiger partial charge in [-0.25, -0.2) is 0 Å². The molecule has 1 unspecified atom stereocenters. The summed E-state index contributed by atoms with van der Waals surface area (Å²) in [5.74, 6) is 1.24. The minimum absolute atomic E-state index is 0.0460. The predicted octanol–water partition coefficient (Wildman–Crippen LogP) is 1.34. The van der Waals surface area contributed by atoms with Crippen molar-refractivity contribution >= 4 is 11.8 Å². The molecule has 1 heterocycles. The van der Waals surface area contributed by atoms with Gasteiger partial charge in [-0.15, -0.1) is 0 Å². The molecular formula is C10H19NOS. The molecule has 0 aromatic heterocycles. The second-order valence-corrected chi connectivity index (χ2v) is 5.79. The van der Waals surface area contributed by atoms with E-state index in [2.05, 4.69) is 23.6 Å². The number of hydrogen-bond donors (Lipinski definition) is 1. The molecule has 13 heavy (non-hydrogen) atoms. The monoisotopic (exact) mass is 201 g/mol. The van der Waals surface area contributed by atoms with Crippen LogP contribution < -0.4 is 0 Å². The Morgan fingerprint density at radius 1 is 1.38 bits per heavy atom. The van der Waals surface area contributed by atoms with Crippen LogP contribution in [0, 0.1) is 0 Å². The van der Waals surface area contributed by atoms with Crippen molar-refractivity contribution in [1.29, 1.82) is 0 Å². The van der Waals surface area contributed by atoms with E-state index in [1.807, 2.05) is 0 Å². The highest BCUT2D eigenvalue weighted by atomic mass is 32.2. The van der Waals surface area contributed by atoms with Gasteiger partial charge in [-0.05, 0) is 19.3 Å². The van der Waals surface area contributed by atoms with Crippen LogP contribution in [0.1, 0.15) is 26.2 Å². The Morgan fingerprint density at radius 2 is 2.23 bits per heavy atom. The fourth-order valence-corrected chi connectivity index (χ4v) is 3.53. The minimum atomic E-state index is -0.0460. The Morgan fingerprint density at radius 3 is 2.85 bits per heavy atom. The summed E-state index contributed by atoms with van der Waals surface area (Å²) in [6.07, 6.45) is 3.39. The van der Waals surface area contributed by atoms with Crippen LogP contribution in [0.25, 0.3) is 0 Å². The van der Waals surface area contributed by atoms with Crippen molar-refractivity contribution in [2.24, 2.45) is 0 Å². The van der Waals surface area contributed by atoms with Crippen molar-refractivity contribution in [3.8, 4) is 0 Å². The van der Waals surface area contributed by atoms with E-state index in [1.165, 1.54) is 31.7 Å². The molecule has 0 bridgehead atoms. The Bertz CT molecular complexity index is 176. The zero-order chi connectivity index (χ0) is 9.26. The highest BCUT2D eigenvalue weighted by Gasteiger charge is 2.32. The van der Waals surface area contributed by atoms with Crippen LogP contribution in [-0.2, 0) is 0 Å². The summed E-state index contributed by atoms with van der Waals surface area (Å²) in [5, 5.41) is 10.5. The van der Waals surface area contributed by atoms with Crippen molar-refractivity contribution in [3.63, 3.8) is 0 Å². The van der Waals surface area contributed by atoms with Gasteiger partial charge in [-0.2, -0.15) is 11.8 Å². The molecule has 0 aromatic rings. The fraction of sp³-hybridized carbons (Fsp3) is 1.00. The molecular weight excluding hydrogens is 182 g/mol. The van der Waals surface area contributed by atoms with Crippen LogP contribution in [-0.4, -0.2) is 46.2 Å². The number of thioether (sulfide) groups is 1. The van der Waals surface area contributed by atoms with E-state index in [-0.39, 0.29) is 6.10 Å². The quantitative estimate of drug-likeness (QED) is 0.692. The smallest absolute Gasteiger partial charge is 0.0695 e. The Hall–Kier alpha value is 0.270. The first-order valence-corrected chi connectivity index (χ1v) is 6.36. The molecule has 1 saturated carbocycles. The number of rotatable bonds is 1. The second kappa shape index (κ2) is 4.20. The topological polar surface area (TPSA) is 23.5 Å². The third-order valence-corrected chi connectivity index (χ3v) is 4.32. The van der Waals surface area contributed by atoms with E-state index in [0.717, 1.165) is 11.7 Å². The number of aliphatic hydroxyl groups is 1. The normalized spacial score (nSPS) is 42.5. The summed E-state index contributed by atoms with van der Waals surface area (Å²) in [5.41, 5.74) is 0. The standard InChI is InChI=1S/C10H19NOS/c1-8-7-11(5-6-13-8)9-3-2-4-10(9)12/h8-10,12H,2-7H2,1H3/t8?,9-,10-/m1/s1. The van der Waals surface area contributed by atoms with Gasteiger partial charge >= 0.3 is 0 Å². The van der Waals surface area contributed by atoms with E-state index >= 15 is 0 Å². The first-order chi connectivity index (χ1) is 6.27. The van der Waals surface area contributed by atoms with Crippen LogP contribution in [0.3, 0.4) is 0 Å². The molecule has 0 aromatic carbocycles. The van der Waals surface area contributed by atoms with Gasteiger partial charge in [-0.1, -0.05) is 6.92 Å². The Labute approximate surface area is 84.7 Å². The Kier molecular flexibility index (Phi) is 3.17. The second-order valence-electron chi connectivity index (χ2n) is 4.24. The molecule has 76 valence electrons. The zero-order valence-corrected chi connectivity index (χ0v) is 9.09. The molecule has 3 atom stereocenters. The van der Waals surface area contributed by atoms with Gasteiger partial charge in [0.2, 0.25) is 0 Å². The fourth-order valence-electron chi connectivity index (χ4n) is 2.49. The summed E-state index contributed by atoms with van der Waals surface area (Å²) in [7, 11) is 0.